The van der Waals surface area contributed by atoms with Gasteiger partial charge in [0.25, 0.3) is 0 Å². The normalized spacial score (nSPS) is 11.6. The Morgan fingerprint density at radius 3 is 2.06 bits per heavy atom. The number of pyridine rings is 1. The fourth-order valence-electron chi connectivity index (χ4n) is 6.42. The Morgan fingerprint density at radius 2 is 1.41 bits per heavy atom. The number of hydrogen-bond donors (Lipinski definition) is 1. The predicted octanol–water partition coefficient (Wildman–Crippen LogP) is 10.9. The number of benzene rings is 5. The van der Waals surface area contributed by atoms with Crippen molar-refractivity contribution < 1.29 is 26.2 Å². The zero-order valence-electron chi connectivity index (χ0n) is 29.5. The first-order chi connectivity index (χ1) is 23.9. The Labute approximate surface area is 314 Å². The molecule has 2 heterocycles. The number of nitrogens with zero attached hydrogens (tertiary/aromatic N) is 4. The maximum absolute atomic E-state index is 11.7. The van der Waals surface area contributed by atoms with Gasteiger partial charge in [-0.2, -0.15) is 5.26 Å². The van der Waals surface area contributed by atoms with Gasteiger partial charge >= 0.3 is 21.1 Å². The van der Waals surface area contributed by atoms with Crippen LogP contribution in [0.1, 0.15) is 58.2 Å². The van der Waals surface area contributed by atoms with Crippen molar-refractivity contribution >= 4 is 11.0 Å². The van der Waals surface area contributed by atoms with E-state index in [-0.39, 0.29) is 37.6 Å². The molecular formula is C45H38N4OPt. The number of hydrogen-bond acceptors (Lipinski definition) is 4. The Balaban J connectivity index is 0.00000448. The van der Waals surface area contributed by atoms with Gasteiger partial charge in [-0.15, -0.1) is 17.7 Å². The van der Waals surface area contributed by atoms with Crippen LogP contribution >= 0.6 is 0 Å². The van der Waals surface area contributed by atoms with Crippen LogP contribution in [0.5, 0.6) is 5.75 Å². The van der Waals surface area contributed by atoms with Crippen molar-refractivity contribution in [2.24, 2.45) is 0 Å². The number of aromatic hydroxyl groups is 1. The molecule has 0 aliphatic heterocycles. The molecule has 5 nitrogen and oxygen atoms in total. The van der Waals surface area contributed by atoms with Crippen molar-refractivity contribution in [3.63, 3.8) is 0 Å². The second-order valence-corrected chi connectivity index (χ2v) is 14.8. The summed E-state index contributed by atoms with van der Waals surface area (Å²) in [5.41, 5.74) is 10.7. The van der Waals surface area contributed by atoms with Gasteiger partial charge in [0.2, 0.25) is 0 Å². The van der Waals surface area contributed by atoms with Gasteiger partial charge in [0.15, 0.2) is 0 Å². The average Bonchev–Trinajstić information content (AvgIpc) is 3.55. The smallest absolute Gasteiger partial charge is 0.507 e. The minimum absolute atomic E-state index is 0. The fraction of sp³-hybridized carbons (Fsp3) is 0.178. The van der Waals surface area contributed by atoms with Crippen LogP contribution in [0, 0.1) is 17.4 Å². The number of rotatable bonds is 5. The SMILES string of the molecule is CC(C)(C)c1cc(-c2nc3cccc(-c4[c-]c(-c5cc(-c6ccccc6)ccn5)cc(C#N)c4-c4ccccc4)c3[n-]2)c(O)c(C(C)(C)C)c1.[Pt+2]. The van der Waals surface area contributed by atoms with Gasteiger partial charge in [0.1, 0.15) is 5.75 Å². The standard InChI is InChI=1S/C45H38N4O.Pt/c1-44(2,3)33-25-36(42(50)37(26-33)45(4,5)6)43-48-38-19-13-18-34(41(38)49-43)35-23-31(22-32(27-46)40(35)29-16-11-8-12-17-29)39-24-30(20-21-47-39)28-14-9-7-10-15-28;/h7-22,24-26H,1-6H3,(H-,48,49,50);/q-2;+2. The topological polar surface area (TPSA) is 83.9 Å². The van der Waals surface area contributed by atoms with Crippen LogP contribution in [-0.4, -0.2) is 15.1 Å². The first-order valence-electron chi connectivity index (χ1n) is 16.8. The Bertz CT molecular complexity index is 2410. The average molecular weight is 846 g/mol. The van der Waals surface area contributed by atoms with Gasteiger partial charge in [-0.05, 0) is 56.6 Å². The molecule has 0 aliphatic rings. The molecule has 51 heavy (non-hydrogen) atoms. The maximum atomic E-state index is 11.7. The van der Waals surface area contributed by atoms with Crippen LogP contribution in [0.2, 0.25) is 0 Å². The van der Waals surface area contributed by atoms with Gasteiger partial charge in [-0.1, -0.05) is 160 Å². The van der Waals surface area contributed by atoms with Crippen molar-refractivity contribution in [2.45, 2.75) is 52.4 Å². The summed E-state index contributed by atoms with van der Waals surface area (Å²) < 4.78 is 0. The minimum Gasteiger partial charge on any atom is -0.507 e. The van der Waals surface area contributed by atoms with E-state index in [1.807, 2.05) is 91.0 Å². The monoisotopic (exact) mass is 845 g/mol. The maximum Gasteiger partial charge on any atom is 2.00 e. The molecule has 0 radical (unpaired) electrons. The molecule has 7 aromatic rings. The van der Waals surface area contributed by atoms with E-state index in [0.717, 1.165) is 44.5 Å². The number of para-hydroxylation sites is 1. The van der Waals surface area contributed by atoms with E-state index < -0.39 is 0 Å². The second-order valence-electron chi connectivity index (χ2n) is 14.8. The molecule has 0 saturated carbocycles. The molecule has 0 bridgehead atoms. The molecule has 0 amide bonds. The van der Waals surface area contributed by atoms with Gasteiger partial charge in [-0.25, -0.2) is 0 Å². The van der Waals surface area contributed by atoms with Crippen molar-refractivity contribution in [1.82, 2.24) is 15.0 Å². The van der Waals surface area contributed by atoms with Gasteiger partial charge in [-0.3, -0.25) is 4.98 Å². The minimum atomic E-state index is -0.295. The fourth-order valence-corrected chi connectivity index (χ4v) is 6.42. The third-order valence-corrected chi connectivity index (χ3v) is 9.15. The van der Waals surface area contributed by atoms with Crippen LogP contribution in [0.25, 0.3) is 67.1 Å². The third-order valence-electron chi connectivity index (χ3n) is 9.15. The molecule has 0 saturated heterocycles. The van der Waals surface area contributed by atoms with E-state index in [4.69, 9.17) is 15.0 Å². The first kappa shape index (κ1) is 35.5. The summed E-state index contributed by atoms with van der Waals surface area (Å²) in [4.78, 5) is 14.8. The van der Waals surface area contributed by atoms with Gasteiger partial charge in [0.05, 0.1) is 6.07 Å². The molecule has 6 heteroatoms. The number of nitriles is 1. The van der Waals surface area contributed by atoms with Crippen molar-refractivity contribution in [2.75, 3.05) is 0 Å². The third kappa shape index (κ3) is 6.90. The molecule has 1 N–H and O–H groups in total. The van der Waals surface area contributed by atoms with Crippen LogP contribution < -0.4 is 4.98 Å². The summed E-state index contributed by atoms with van der Waals surface area (Å²) >= 11 is 0. The van der Waals surface area contributed by atoms with E-state index in [0.29, 0.717) is 39.2 Å². The van der Waals surface area contributed by atoms with E-state index in [9.17, 15) is 10.4 Å². The van der Waals surface area contributed by atoms with Crippen molar-refractivity contribution in [3.05, 3.63) is 138 Å². The summed E-state index contributed by atoms with van der Waals surface area (Å²) in [7, 11) is 0. The Morgan fingerprint density at radius 1 is 0.725 bits per heavy atom. The van der Waals surface area contributed by atoms with Crippen molar-refractivity contribution in [1.29, 1.82) is 5.26 Å². The summed E-state index contributed by atoms with van der Waals surface area (Å²) in [5, 5.41) is 22.3. The van der Waals surface area contributed by atoms with E-state index in [1.54, 1.807) is 6.20 Å². The molecule has 0 unspecified atom stereocenters. The molecular weight excluding hydrogens is 808 g/mol. The second kappa shape index (κ2) is 13.8. The quantitative estimate of drug-likeness (QED) is 0.175. The van der Waals surface area contributed by atoms with Crippen LogP contribution in [0.3, 0.4) is 0 Å². The first-order valence-corrected chi connectivity index (χ1v) is 16.8. The van der Waals surface area contributed by atoms with E-state index in [2.05, 4.69) is 71.9 Å². The molecule has 2 aromatic heterocycles. The largest absolute Gasteiger partial charge is 2.00 e. The molecule has 0 atom stereocenters. The number of imidazole rings is 1. The van der Waals surface area contributed by atoms with Gasteiger partial charge in [0, 0.05) is 23.0 Å². The summed E-state index contributed by atoms with van der Waals surface area (Å²) in [6.07, 6.45) is 1.79. The van der Waals surface area contributed by atoms with E-state index >= 15 is 0 Å². The van der Waals surface area contributed by atoms with Crippen LogP contribution in [0.4, 0.5) is 0 Å². The Kier molecular flexibility index (Phi) is 9.60. The molecule has 0 spiro atoms. The molecule has 7 rings (SSSR count). The van der Waals surface area contributed by atoms with Crippen LogP contribution in [0.15, 0.2) is 115 Å². The number of aromatic nitrogens is 3. The summed E-state index contributed by atoms with van der Waals surface area (Å²) in [5.74, 6) is 0.647. The number of phenols is 1. The Hall–Kier alpha value is -5.30. The van der Waals surface area contributed by atoms with Gasteiger partial charge < -0.3 is 15.1 Å². The van der Waals surface area contributed by atoms with Crippen LogP contribution in [-0.2, 0) is 31.9 Å². The molecule has 0 aliphatic carbocycles. The predicted molar refractivity (Wildman–Crippen MR) is 203 cm³/mol. The molecule has 254 valence electrons. The zero-order valence-corrected chi connectivity index (χ0v) is 31.8. The zero-order chi connectivity index (χ0) is 35.2. The summed E-state index contributed by atoms with van der Waals surface area (Å²) in [6.45, 7) is 12.8. The molecule has 5 aromatic carbocycles. The molecule has 0 fully saturated rings. The van der Waals surface area contributed by atoms with Crippen molar-refractivity contribution in [3.8, 4) is 67.8 Å². The summed E-state index contributed by atoms with van der Waals surface area (Å²) in [6, 6.07) is 42.1. The van der Waals surface area contributed by atoms with E-state index in [1.165, 1.54) is 0 Å². The number of fused-ring (bicyclic) bond motifs is 1. The number of phenolic OH excluding ortho intramolecular Hbond substituents is 1.